The van der Waals surface area contributed by atoms with Crippen molar-refractivity contribution in [2.45, 2.75) is 119 Å². The third kappa shape index (κ3) is 5.10. The van der Waals surface area contributed by atoms with Gasteiger partial charge in [-0.15, -0.1) is 24.8 Å². The summed E-state index contributed by atoms with van der Waals surface area (Å²) in [5.41, 5.74) is 13.2. The van der Waals surface area contributed by atoms with Crippen molar-refractivity contribution in [3.63, 3.8) is 0 Å². The number of hydrogen-bond acceptors (Lipinski definition) is 0. The fraction of sp³-hybridized carbons (Fsp3) is 0.463. The zero-order valence-electron chi connectivity index (χ0n) is 37.5. The monoisotopic (exact) mass is 878 g/mol. The number of halogens is 2. The van der Waals surface area contributed by atoms with Gasteiger partial charge in [-0.25, -0.2) is 0 Å². The molecule has 304 valence electrons. The first-order chi connectivity index (χ1) is 25.5. The van der Waals surface area contributed by atoms with Crippen LogP contribution in [-0.4, -0.2) is 4.21 Å². The van der Waals surface area contributed by atoms with E-state index in [1.54, 1.807) is 25.6 Å². The van der Waals surface area contributed by atoms with Crippen LogP contribution in [0.3, 0.4) is 0 Å². The molecule has 0 aromatic heterocycles. The minimum absolute atomic E-state index is 0. The van der Waals surface area contributed by atoms with Crippen LogP contribution in [0.1, 0.15) is 118 Å². The Bertz CT molecular complexity index is 2310. The van der Waals surface area contributed by atoms with Gasteiger partial charge in [0.15, 0.2) is 0 Å². The first-order valence-corrected chi connectivity index (χ1v) is 28.0. The van der Waals surface area contributed by atoms with Crippen molar-refractivity contribution >= 4 is 41.1 Å². The van der Waals surface area contributed by atoms with E-state index in [1.807, 2.05) is 0 Å². The van der Waals surface area contributed by atoms with Crippen LogP contribution < -0.4 is 6.54 Å². The van der Waals surface area contributed by atoms with E-state index in [0.717, 1.165) is 12.8 Å². The van der Waals surface area contributed by atoms with Gasteiger partial charge in [0.05, 0.1) is 0 Å². The van der Waals surface area contributed by atoms with Gasteiger partial charge < -0.3 is 0 Å². The number of benzene rings is 3. The van der Waals surface area contributed by atoms with Gasteiger partial charge in [0.1, 0.15) is 0 Å². The van der Waals surface area contributed by atoms with Crippen LogP contribution in [0.25, 0.3) is 5.57 Å². The van der Waals surface area contributed by atoms with Crippen LogP contribution in [0, 0.1) is 52.8 Å². The summed E-state index contributed by atoms with van der Waals surface area (Å²) in [6, 6.07) is 29.3. The number of fused-ring (bicyclic) bond motifs is 6. The third-order valence-electron chi connectivity index (χ3n) is 18.4. The normalized spacial score (nSPS) is 28.3. The van der Waals surface area contributed by atoms with Gasteiger partial charge in [-0.2, -0.15) is 0 Å². The van der Waals surface area contributed by atoms with E-state index < -0.39 is 18.3 Å². The Labute approximate surface area is 359 Å². The molecule has 5 aliphatic carbocycles. The Morgan fingerprint density at radius 2 is 1.26 bits per heavy atom. The molecule has 0 aliphatic heterocycles. The van der Waals surface area contributed by atoms with Crippen molar-refractivity contribution in [1.29, 1.82) is 0 Å². The molecule has 5 aliphatic rings. The van der Waals surface area contributed by atoms with Crippen molar-refractivity contribution in [3.8, 4) is 0 Å². The van der Waals surface area contributed by atoms with Gasteiger partial charge in [0, 0.05) is 0 Å². The molecule has 4 unspecified atom stereocenters. The number of aryl methyl sites for hydroxylation is 2. The Balaban J connectivity index is 0.00000275. The van der Waals surface area contributed by atoms with Gasteiger partial charge in [-0.05, 0) is 0 Å². The fourth-order valence-electron chi connectivity index (χ4n) is 13.9. The van der Waals surface area contributed by atoms with Crippen LogP contribution in [0.15, 0.2) is 123 Å². The van der Waals surface area contributed by atoms with E-state index in [2.05, 4.69) is 194 Å². The molecule has 0 radical (unpaired) electrons. The van der Waals surface area contributed by atoms with Crippen molar-refractivity contribution in [1.82, 2.24) is 0 Å². The van der Waals surface area contributed by atoms with Crippen LogP contribution in [0.4, 0.5) is 0 Å². The maximum absolute atomic E-state index is 6.29. The van der Waals surface area contributed by atoms with Crippen LogP contribution >= 0.6 is 24.8 Å². The van der Waals surface area contributed by atoms with Gasteiger partial charge in [0.25, 0.3) is 0 Å². The van der Waals surface area contributed by atoms with Crippen molar-refractivity contribution < 1.29 is 18.3 Å². The summed E-state index contributed by atoms with van der Waals surface area (Å²) >= 11 is -5.37. The molecular weight excluding hydrogens is 811 g/mol. The SMILES string of the molecule is Cl.Cl.[CH2]=[Zr]([C]1=CC(C(C)(C)C)=CC1C)([c]1ccc(C)cc1)([c]1ccc(C)cc1)[C]1(C)C2=C3Cc4ccccc4C3=C3C=CCCC3C2(C)C(C)(C)C(C)(C)C1(C)C. The van der Waals surface area contributed by atoms with Gasteiger partial charge >= 0.3 is 338 Å². The molecule has 0 amide bonds. The Kier molecular flexibility index (Phi) is 10.6. The second kappa shape index (κ2) is 13.6. The van der Waals surface area contributed by atoms with E-state index in [0.29, 0.717) is 5.92 Å². The molecule has 0 spiro atoms. The van der Waals surface area contributed by atoms with E-state index in [9.17, 15) is 0 Å². The zero-order chi connectivity index (χ0) is 40.0. The number of allylic oxidation sites excluding steroid dienone is 10. The average Bonchev–Trinajstić information content (AvgIpc) is 3.72. The summed E-state index contributed by atoms with van der Waals surface area (Å²) in [6.45, 7) is 35.9. The minimum atomic E-state index is -5.37. The second-order valence-corrected chi connectivity index (χ2v) is 35.6. The van der Waals surface area contributed by atoms with E-state index in [4.69, 9.17) is 4.21 Å². The van der Waals surface area contributed by atoms with Crippen LogP contribution in [0.5, 0.6) is 0 Å². The number of hydrogen-bond donors (Lipinski definition) is 0. The maximum atomic E-state index is 6.29. The first-order valence-electron chi connectivity index (χ1n) is 21.4. The predicted molar refractivity (Wildman–Crippen MR) is 252 cm³/mol. The molecule has 0 nitrogen and oxygen atoms in total. The Morgan fingerprint density at radius 1 is 0.719 bits per heavy atom. The molecule has 4 atom stereocenters. The van der Waals surface area contributed by atoms with E-state index >= 15 is 0 Å². The summed E-state index contributed by atoms with van der Waals surface area (Å²) in [5, 5.41) is 0. The van der Waals surface area contributed by atoms with Gasteiger partial charge in [-0.1, -0.05) is 0 Å². The van der Waals surface area contributed by atoms with Crippen molar-refractivity contribution in [2.24, 2.45) is 38.9 Å². The molecule has 3 aromatic rings. The van der Waals surface area contributed by atoms with Crippen LogP contribution in [-0.2, 0) is 24.7 Å². The molecule has 1 fully saturated rings. The fourth-order valence-corrected chi connectivity index (χ4v) is 35.5. The van der Waals surface area contributed by atoms with Gasteiger partial charge in [0.2, 0.25) is 0 Å². The molecule has 3 heteroatoms. The molecule has 0 heterocycles. The van der Waals surface area contributed by atoms with E-state index in [-0.39, 0.29) is 60.9 Å². The Hall–Kier alpha value is -2.31. The summed E-state index contributed by atoms with van der Waals surface area (Å²) in [6.07, 6.45) is 13.7. The second-order valence-electron chi connectivity index (χ2n) is 21.7. The average molecular weight is 881 g/mol. The zero-order valence-corrected chi connectivity index (χ0v) is 41.6. The first kappa shape index (κ1) is 44.3. The summed E-state index contributed by atoms with van der Waals surface area (Å²) in [4.78, 5) is 0. The standard InChI is InChI=1S/C29H37.C10H15.2C7H7.CH2.2ClH.Zr/c1-18-25-22-17-19-13-9-10-14-20(19)24(22)21-15-11-12-16-23(21)29(25,8)28(6,7)27(4,5)26(18,2)3;1-8-5-6-9(7-8)10(2,3)4;2*1-7-5-3-2-4-6-7;;;;/h9-11,13-15,23H,12,16-17H2,1-8H3;6-8H,1-4H3;2*3-6H,1H3;1H2;2*1H;. The predicted octanol–water partition coefficient (Wildman–Crippen LogP) is 14.3. The molecular formula is C54H70Cl2Zr. The molecule has 0 saturated heterocycles. The molecule has 0 N–H and O–H groups in total. The van der Waals surface area contributed by atoms with Crippen molar-refractivity contribution in [2.75, 3.05) is 0 Å². The van der Waals surface area contributed by atoms with Crippen LogP contribution in [0.2, 0.25) is 3.12 Å². The topological polar surface area (TPSA) is 0 Å². The summed E-state index contributed by atoms with van der Waals surface area (Å²) in [7, 11) is 0. The van der Waals surface area contributed by atoms with Crippen molar-refractivity contribution in [3.05, 3.63) is 145 Å². The Morgan fingerprint density at radius 3 is 1.79 bits per heavy atom. The quantitative estimate of drug-likeness (QED) is 0.245. The molecule has 1 saturated carbocycles. The molecule has 8 rings (SSSR count). The van der Waals surface area contributed by atoms with Gasteiger partial charge in [-0.3, -0.25) is 0 Å². The molecule has 57 heavy (non-hydrogen) atoms. The molecule has 0 bridgehead atoms. The molecule has 3 aromatic carbocycles. The third-order valence-corrected chi connectivity index (χ3v) is 38.5. The summed E-state index contributed by atoms with van der Waals surface area (Å²) in [5.74, 6) is 0.693. The number of rotatable bonds is 4. The van der Waals surface area contributed by atoms with E-state index in [1.165, 1.54) is 40.8 Å². The summed E-state index contributed by atoms with van der Waals surface area (Å²) < 4.78 is 10.6.